The average molecular weight is 315 g/mol. The first-order valence-corrected chi connectivity index (χ1v) is 9.08. The van der Waals surface area contributed by atoms with Crippen molar-refractivity contribution in [1.29, 1.82) is 0 Å². The number of hydrogen-bond acceptors (Lipinski definition) is 3. The summed E-state index contributed by atoms with van der Waals surface area (Å²) in [6.07, 6.45) is 5.74. The number of hydrogen-bond donors (Lipinski definition) is 1. The Labute approximate surface area is 139 Å². The summed E-state index contributed by atoms with van der Waals surface area (Å²) in [6.45, 7) is 7.76. The van der Waals surface area contributed by atoms with Gasteiger partial charge in [0.25, 0.3) is 0 Å². The van der Waals surface area contributed by atoms with Crippen molar-refractivity contribution in [1.82, 2.24) is 4.90 Å². The van der Waals surface area contributed by atoms with Gasteiger partial charge in [0.2, 0.25) is 5.91 Å². The lowest BCUT2D eigenvalue weighted by Gasteiger charge is -2.30. The zero-order valence-electron chi connectivity index (χ0n) is 14.3. The summed E-state index contributed by atoms with van der Waals surface area (Å²) in [7, 11) is 0. The number of carbonyl (C=O) groups excluding carboxylic acids is 1. The van der Waals surface area contributed by atoms with Gasteiger partial charge < -0.3 is 15.1 Å². The molecule has 1 N–H and O–H groups in total. The summed E-state index contributed by atoms with van der Waals surface area (Å²) in [4.78, 5) is 17.0. The van der Waals surface area contributed by atoms with Crippen molar-refractivity contribution in [2.45, 2.75) is 39.0 Å². The van der Waals surface area contributed by atoms with Gasteiger partial charge in [-0.25, -0.2) is 0 Å². The molecular weight excluding hydrogens is 286 g/mol. The smallest absolute Gasteiger partial charge is 0.225 e. The Morgan fingerprint density at radius 2 is 1.87 bits per heavy atom. The third kappa shape index (κ3) is 4.71. The largest absolute Gasteiger partial charge is 0.372 e. The molecule has 2 heterocycles. The van der Waals surface area contributed by atoms with Crippen LogP contribution in [0.4, 0.5) is 11.4 Å². The molecule has 3 rings (SSSR count). The number of anilines is 2. The highest BCUT2D eigenvalue weighted by Crippen LogP contribution is 2.22. The summed E-state index contributed by atoms with van der Waals surface area (Å²) in [5.41, 5.74) is 2.17. The van der Waals surface area contributed by atoms with Gasteiger partial charge in [-0.2, -0.15) is 0 Å². The zero-order valence-corrected chi connectivity index (χ0v) is 14.3. The molecular formula is C19H29N3O. The van der Waals surface area contributed by atoms with Crippen molar-refractivity contribution in [3.63, 3.8) is 0 Å². The minimum atomic E-state index is 0.122. The number of nitrogens with one attached hydrogen (secondary N) is 1. The van der Waals surface area contributed by atoms with Gasteiger partial charge in [-0.1, -0.05) is 6.92 Å². The van der Waals surface area contributed by atoms with E-state index < -0.39 is 0 Å². The first-order valence-electron chi connectivity index (χ1n) is 9.08. The Morgan fingerprint density at radius 1 is 1.13 bits per heavy atom. The van der Waals surface area contributed by atoms with Gasteiger partial charge in [-0.05, 0) is 62.4 Å². The van der Waals surface area contributed by atoms with Gasteiger partial charge >= 0.3 is 0 Å². The molecule has 0 aromatic heterocycles. The van der Waals surface area contributed by atoms with E-state index in [9.17, 15) is 4.79 Å². The topological polar surface area (TPSA) is 35.6 Å². The molecule has 1 unspecified atom stereocenters. The third-order valence-electron chi connectivity index (χ3n) is 5.02. The number of rotatable bonds is 5. The highest BCUT2D eigenvalue weighted by Gasteiger charge is 2.17. The van der Waals surface area contributed by atoms with Crippen molar-refractivity contribution in [2.24, 2.45) is 5.92 Å². The predicted molar refractivity (Wildman–Crippen MR) is 96.0 cm³/mol. The molecule has 1 amide bonds. The Hall–Kier alpha value is -1.55. The Morgan fingerprint density at radius 3 is 2.57 bits per heavy atom. The van der Waals surface area contributed by atoms with Crippen LogP contribution >= 0.6 is 0 Å². The normalized spacial score (nSPS) is 22.3. The zero-order chi connectivity index (χ0) is 16.1. The molecule has 126 valence electrons. The molecule has 2 fully saturated rings. The second-order valence-electron chi connectivity index (χ2n) is 7.09. The SMILES string of the molecule is CC1CCCN(CCC(=O)Nc2ccc(N3CCCC3)cc2)C1. The Kier molecular flexibility index (Phi) is 5.55. The maximum atomic E-state index is 12.1. The monoisotopic (exact) mass is 315 g/mol. The van der Waals surface area contributed by atoms with Gasteiger partial charge in [-0.3, -0.25) is 4.79 Å². The second kappa shape index (κ2) is 7.82. The number of piperidine rings is 1. The van der Waals surface area contributed by atoms with E-state index in [1.54, 1.807) is 0 Å². The molecule has 0 aliphatic carbocycles. The van der Waals surface area contributed by atoms with Crippen LogP contribution < -0.4 is 10.2 Å². The number of amides is 1. The fraction of sp³-hybridized carbons (Fsp3) is 0.632. The lowest BCUT2D eigenvalue weighted by Crippen LogP contribution is -2.36. The van der Waals surface area contributed by atoms with E-state index in [1.807, 2.05) is 12.1 Å². The van der Waals surface area contributed by atoms with Crippen molar-refractivity contribution >= 4 is 17.3 Å². The van der Waals surface area contributed by atoms with Crippen molar-refractivity contribution in [2.75, 3.05) is 42.9 Å². The standard InChI is InChI=1S/C19H29N3O/c1-16-5-4-11-21(15-16)14-10-19(23)20-17-6-8-18(9-7-17)22-12-2-3-13-22/h6-9,16H,2-5,10-15H2,1H3,(H,20,23). The summed E-state index contributed by atoms with van der Waals surface area (Å²) < 4.78 is 0. The second-order valence-corrected chi connectivity index (χ2v) is 7.09. The van der Waals surface area contributed by atoms with E-state index >= 15 is 0 Å². The molecule has 4 heteroatoms. The van der Waals surface area contributed by atoms with E-state index in [1.165, 1.54) is 31.4 Å². The van der Waals surface area contributed by atoms with Crippen molar-refractivity contribution < 1.29 is 4.79 Å². The fourth-order valence-electron chi connectivity index (χ4n) is 3.70. The van der Waals surface area contributed by atoms with Gasteiger partial charge in [-0.15, -0.1) is 0 Å². The van der Waals surface area contributed by atoms with Crippen LogP contribution in [0.15, 0.2) is 24.3 Å². The molecule has 0 bridgehead atoms. The van der Waals surface area contributed by atoms with E-state index in [4.69, 9.17) is 0 Å². The van der Waals surface area contributed by atoms with Gasteiger partial charge in [0.15, 0.2) is 0 Å². The molecule has 0 saturated carbocycles. The number of carbonyl (C=O) groups is 1. The molecule has 23 heavy (non-hydrogen) atoms. The predicted octanol–water partition coefficient (Wildman–Crippen LogP) is 3.35. The maximum Gasteiger partial charge on any atom is 0.225 e. The molecule has 2 aliphatic rings. The number of benzene rings is 1. The minimum absolute atomic E-state index is 0.122. The molecule has 0 spiro atoms. The molecule has 1 aromatic rings. The average Bonchev–Trinajstić information content (AvgIpc) is 3.08. The first-order chi connectivity index (χ1) is 11.2. The molecule has 2 aliphatic heterocycles. The van der Waals surface area contributed by atoms with Gasteiger partial charge in [0.05, 0.1) is 0 Å². The summed E-state index contributed by atoms with van der Waals surface area (Å²) in [6, 6.07) is 8.28. The van der Waals surface area contributed by atoms with E-state index in [0.29, 0.717) is 6.42 Å². The lowest BCUT2D eigenvalue weighted by molar-refractivity contribution is -0.116. The van der Waals surface area contributed by atoms with Crippen LogP contribution in [0.25, 0.3) is 0 Å². The Balaban J connectivity index is 1.44. The van der Waals surface area contributed by atoms with Gasteiger partial charge in [0.1, 0.15) is 0 Å². The van der Waals surface area contributed by atoms with Crippen molar-refractivity contribution in [3.05, 3.63) is 24.3 Å². The van der Waals surface area contributed by atoms with Crippen molar-refractivity contribution in [3.8, 4) is 0 Å². The van der Waals surface area contributed by atoms with Gasteiger partial charge in [0, 0.05) is 44.0 Å². The number of nitrogens with zero attached hydrogens (tertiary/aromatic N) is 2. The first kappa shape index (κ1) is 16.3. The molecule has 0 radical (unpaired) electrons. The van der Waals surface area contributed by atoms with E-state index in [-0.39, 0.29) is 5.91 Å². The van der Waals surface area contributed by atoms with Crippen LogP contribution in [-0.4, -0.2) is 43.5 Å². The van der Waals surface area contributed by atoms with E-state index in [0.717, 1.165) is 44.3 Å². The summed E-state index contributed by atoms with van der Waals surface area (Å²) in [5, 5.41) is 3.03. The third-order valence-corrected chi connectivity index (χ3v) is 5.02. The van der Waals surface area contributed by atoms with Crippen LogP contribution in [0, 0.1) is 5.92 Å². The van der Waals surface area contributed by atoms with Crippen LogP contribution in [0.1, 0.15) is 39.0 Å². The molecule has 1 aromatic carbocycles. The fourth-order valence-corrected chi connectivity index (χ4v) is 3.70. The molecule has 1 atom stereocenters. The lowest BCUT2D eigenvalue weighted by atomic mass is 10.0. The quantitative estimate of drug-likeness (QED) is 0.905. The maximum absolute atomic E-state index is 12.1. The van der Waals surface area contributed by atoms with Crippen LogP contribution in [0.2, 0.25) is 0 Å². The van der Waals surface area contributed by atoms with Crippen LogP contribution in [-0.2, 0) is 4.79 Å². The van der Waals surface area contributed by atoms with Crippen LogP contribution in [0.3, 0.4) is 0 Å². The van der Waals surface area contributed by atoms with Crippen LogP contribution in [0.5, 0.6) is 0 Å². The highest BCUT2D eigenvalue weighted by atomic mass is 16.1. The van der Waals surface area contributed by atoms with E-state index in [2.05, 4.69) is 34.2 Å². The Bertz CT molecular complexity index is 508. The molecule has 4 nitrogen and oxygen atoms in total. The highest BCUT2D eigenvalue weighted by molar-refractivity contribution is 5.91. The summed E-state index contributed by atoms with van der Waals surface area (Å²) >= 11 is 0. The summed E-state index contributed by atoms with van der Waals surface area (Å²) in [5.74, 6) is 0.891. The minimum Gasteiger partial charge on any atom is -0.372 e. The number of likely N-dealkylation sites (tertiary alicyclic amines) is 1. The molecule has 2 saturated heterocycles.